The highest BCUT2D eigenvalue weighted by molar-refractivity contribution is 6.09. The number of para-hydroxylation sites is 1. The van der Waals surface area contributed by atoms with Gasteiger partial charge in [-0.1, -0.05) is 18.2 Å². The molecule has 0 atom stereocenters. The van der Waals surface area contributed by atoms with Crippen LogP contribution in [0, 0.1) is 11.3 Å². The van der Waals surface area contributed by atoms with Gasteiger partial charge in [0.05, 0.1) is 11.1 Å². The number of carbonyl (C=O) groups is 1. The molecule has 4 nitrogen and oxygen atoms in total. The molecule has 1 aliphatic rings. The minimum atomic E-state index is -5.01. The number of nitriles is 1. The number of rotatable bonds is 3. The summed E-state index contributed by atoms with van der Waals surface area (Å²) in [5.41, 5.74) is -2.51. The van der Waals surface area contributed by atoms with E-state index in [4.69, 9.17) is 0 Å². The molecule has 0 saturated heterocycles. The van der Waals surface area contributed by atoms with E-state index in [1.54, 1.807) is 24.3 Å². The van der Waals surface area contributed by atoms with Crippen molar-refractivity contribution in [3.8, 4) is 6.07 Å². The van der Waals surface area contributed by atoms with Crippen LogP contribution < -0.4 is 10.2 Å². The summed E-state index contributed by atoms with van der Waals surface area (Å²) in [5, 5.41) is 11.6. The topological polar surface area (TPSA) is 56.1 Å². The average molecular weight is 439 g/mol. The number of hydrogen-bond donors (Lipinski definition) is 1. The van der Waals surface area contributed by atoms with Gasteiger partial charge in [0.25, 0.3) is 5.91 Å². The van der Waals surface area contributed by atoms with Gasteiger partial charge < -0.3 is 10.2 Å². The number of hydrogen-bond acceptors (Lipinski definition) is 3. The lowest BCUT2D eigenvalue weighted by Gasteiger charge is -2.29. The van der Waals surface area contributed by atoms with Gasteiger partial charge in [0.15, 0.2) is 0 Å². The number of benzene rings is 2. The third kappa shape index (κ3) is 4.99. The van der Waals surface area contributed by atoms with Crippen LogP contribution in [0.15, 0.2) is 54.2 Å². The number of halogens is 6. The molecule has 3 rings (SSSR count). The van der Waals surface area contributed by atoms with Gasteiger partial charge in [0.2, 0.25) is 0 Å². The molecule has 162 valence electrons. The highest BCUT2D eigenvalue weighted by atomic mass is 19.4. The van der Waals surface area contributed by atoms with E-state index in [9.17, 15) is 36.4 Å². The maximum Gasteiger partial charge on any atom is 0.416 e. The summed E-state index contributed by atoms with van der Waals surface area (Å²) < 4.78 is 77.9. The maximum absolute atomic E-state index is 13.0. The zero-order valence-electron chi connectivity index (χ0n) is 15.8. The van der Waals surface area contributed by atoms with Gasteiger partial charge in [0.1, 0.15) is 11.6 Å². The second-order valence-electron chi connectivity index (χ2n) is 6.80. The van der Waals surface area contributed by atoms with Crippen molar-refractivity contribution < 1.29 is 31.1 Å². The molecule has 0 aromatic heterocycles. The Morgan fingerprint density at radius 1 is 1.03 bits per heavy atom. The number of amides is 1. The van der Waals surface area contributed by atoms with Crippen molar-refractivity contribution >= 4 is 17.3 Å². The predicted molar refractivity (Wildman–Crippen MR) is 101 cm³/mol. The van der Waals surface area contributed by atoms with E-state index in [0.717, 1.165) is 18.2 Å². The Hall–Kier alpha value is -3.48. The van der Waals surface area contributed by atoms with Gasteiger partial charge in [-0.25, -0.2) is 0 Å². The zero-order chi connectivity index (χ0) is 22.8. The smallest absolute Gasteiger partial charge is 0.360 e. The van der Waals surface area contributed by atoms with Crippen LogP contribution in [0.1, 0.15) is 23.1 Å². The SMILES string of the molecule is N#C/C(=C/Nc1cc(C(F)(F)F)cc(C(F)(F)F)c1)C(=O)N1CCCc2ccccc21. The Bertz CT molecular complexity index is 1030. The van der Waals surface area contributed by atoms with Crippen molar-refractivity contribution in [1.29, 1.82) is 5.26 Å². The number of fused-ring (bicyclic) bond motifs is 1. The Balaban J connectivity index is 1.91. The second-order valence-corrected chi connectivity index (χ2v) is 6.80. The van der Waals surface area contributed by atoms with E-state index in [2.05, 4.69) is 5.32 Å². The van der Waals surface area contributed by atoms with Gasteiger partial charge in [-0.2, -0.15) is 31.6 Å². The van der Waals surface area contributed by atoms with Crippen LogP contribution in [0.4, 0.5) is 37.7 Å². The van der Waals surface area contributed by atoms with E-state index in [1.807, 2.05) is 6.07 Å². The molecule has 10 heteroatoms. The number of alkyl halides is 6. The van der Waals surface area contributed by atoms with E-state index in [1.165, 1.54) is 4.90 Å². The van der Waals surface area contributed by atoms with Crippen molar-refractivity contribution in [3.05, 3.63) is 70.9 Å². The molecular formula is C21H15F6N3O. The molecule has 1 amide bonds. The standard InChI is InChI=1S/C21H15F6N3O/c22-20(23,24)15-8-16(21(25,26)27)10-17(9-15)29-12-14(11-28)19(31)30-7-3-5-13-4-1-2-6-18(13)30/h1-2,4,6,8-10,12,29H,3,5,7H2/b14-12-. The Morgan fingerprint density at radius 2 is 1.65 bits per heavy atom. The molecular weight excluding hydrogens is 424 g/mol. The van der Waals surface area contributed by atoms with Crippen LogP contribution in [0.5, 0.6) is 0 Å². The lowest BCUT2D eigenvalue weighted by Crippen LogP contribution is -2.36. The Morgan fingerprint density at radius 3 is 2.23 bits per heavy atom. The molecule has 2 aromatic rings. The molecule has 0 saturated carbocycles. The first-order valence-electron chi connectivity index (χ1n) is 9.07. The Labute approximate surface area is 173 Å². The molecule has 1 aliphatic heterocycles. The van der Waals surface area contributed by atoms with Crippen LogP contribution in [-0.4, -0.2) is 12.5 Å². The molecule has 0 unspecified atom stereocenters. The molecule has 0 bridgehead atoms. The molecule has 0 fully saturated rings. The highest BCUT2D eigenvalue weighted by Crippen LogP contribution is 2.37. The summed E-state index contributed by atoms with van der Waals surface area (Å²) in [5.74, 6) is -0.704. The fourth-order valence-corrected chi connectivity index (χ4v) is 3.23. The van der Waals surface area contributed by atoms with Crippen molar-refractivity contribution in [2.45, 2.75) is 25.2 Å². The van der Waals surface area contributed by atoms with Crippen molar-refractivity contribution in [2.75, 3.05) is 16.8 Å². The third-order valence-corrected chi connectivity index (χ3v) is 4.68. The van der Waals surface area contributed by atoms with Gasteiger partial charge in [-0.3, -0.25) is 4.79 Å². The van der Waals surface area contributed by atoms with Gasteiger partial charge in [-0.15, -0.1) is 0 Å². The predicted octanol–water partition coefficient (Wildman–Crippen LogP) is 5.52. The number of nitrogens with zero attached hydrogens (tertiary/aromatic N) is 2. The fourth-order valence-electron chi connectivity index (χ4n) is 3.23. The van der Waals surface area contributed by atoms with Crippen LogP contribution in [0.3, 0.4) is 0 Å². The van der Waals surface area contributed by atoms with E-state index >= 15 is 0 Å². The quantitative estimate of drug-likeness (QED) is 0.389. The van der Waals surface area contributed by atoms with Gasteiger partial charge >= 0.3 is 12.4 Å². The monoisotopic (exact) mass is 439 g/mol. The molecule has 0 aliphatic carbocycles. The summed E-state index contributed by atoms with van der Waals surface area (Å²) in [7, 11) is 0. The Kier molecular flexibility index (Phi) is 5.97. The minimum Gasteiger partial charge on any atom is -0.360 e. The normalized spacial score (nSPS) is 14.6. The first kappa shape index (κ1) is 22.2. The fraction of sp³-hybridized carbons (Fsp3) is 0.238. The van der Waals surface area contributed by atoms with Crippen molar-refractivity contribution in [1.82, 2.24) is 0 Å². The largest absolute Gasteiger partial charge is 0.416 e. The third-order valence-electron chi connectivity index (χ3n) is 4.68. The molecule has 2 aromatic carbocycles. The average Bonchev–Trinajstić information content (AvgIpc) is 2.72. The maximum atomic E-state index is 13.0. The lowest BCUT2D eigenvalue weighted by molar-refractivity contribution is -0.143. The molecule has 31 heavy (non-hydrogen) atoms. The molecule has 1 heterocycles. The summed E-state index contributed by atoms with van der Waals surface area (Å²) in [6, 6.07) is 9.67. The highest BCUT2D eigenvalue weighted by Gasteiger charge is 2.37. The number of carbonyl (C=O) groups excluding carboxylic acids is 1. The molecule has 0 radical (unpaired) electrons. The summed E-state index contributed by atoms with van der Waals surface area (Å²) in [6.07, 6.45) is -7.81. The number of nitrogens with one attached hydrogen (secondary N) is 1. The second kappa shape index (κ2) is 8.34. The van der Waals surface area contributed by atoms with Crippen LogP contribution >= 0.6 is 0 Å². The minimum absolute atomic E-state index is 0.00405. The summed E-state index contributed by atoms with van der Waals surface area (Å²) >= 11 is 0. The zero-order valence-corrected chi connectivity index (χ0v) is 15.8. The van der Waals surface area contributed by atoms with Gasteiger partial charge in [0, 0.05) is 24.1 Å². The lowest BCUT2D eigenvalue weighted by atomic mass is 10.0. The van der Waals surface area contributed by atoms with Crippen LogP contribution in [-0.2, 0) is 23.6 Å². The van der Waals surface area contributed by atoms with Crippen LogP contribution in [0.2, 0.25) is 0 Å². The van der Waals surface area contributed by atoms with Gasteiger partial charge in [-0.05, 0) is 42.7 Å². The van der Waals surface area contributed by atoms with Crippen molar-refractivity contribution in [3.63, 3.8) is 0 Å². The van der Waals surface area contributed by atoms with E-state index in [0.29, 0.717) is 30.8 Å². The first-order chi connectivity index (χ1) is 14.5. The van der Waals surface area contributed by atoms with Crippen molar-refractivity contribution in [2.24, 2.45) is 0 Å². The summed E-state index contributed by atoms with van der Waals surface area (Å²) in [6.45, 7) is 0.330. The van der Waals surface area contributed by atoms with Crippen LogP contribution in [0.25, 0.3) is 0 Å². The molecule has 0 spiro atoms. The number of anilines is 2. The van der Waals surface area contributed by atoms with E-state index < -0.39 is 40.6 Å². The first-order valence-corrected chi connectivity index (χ1v) is 9.07. The number of aryl methyl sites for hydroxylation is 1. The molecule has 1 N–H and O–H groups in total. The van der Waals surface area contributed by atoms with E-state index in [-0.39, 0.29) is 6.07 Å². The summed E-state index contributed by atoms with van der Waals surface area (Å²) in [4.78, 5) is 14.2.